The number of amides is 1. The average Bonchev–Trinajstić information content (AvgIpc) is 2.95. The minimum absolute atomic E-state index is 0.0277. The SMILES string of the molecule is CCN(C(=O)[C@@H](C)OC(=O)c1ccc(OC(C)C)cc1)[C@@H]1CCS(=O)(=O)C1. The second-order valence-corrected chi connectivity index (χ2v) is 9.15. The molecule has 0 unspecified atom stereocenters. The molecule has 1 aliphatic rings. The number of ether oxygens (including phenoxy) is 2. The first-order valence-corrected chi connectivity index (χ1v) is 10.9. The fourth-order valence-electron chi connectivity index (χ4n) is 3.07. The van der Waals surface area contributed by atoms with Crippen molar-refractivity contribution in [3.8, 4) is 5.75 Å². The molecule has 1 amide bonds. The predicted molar refractivity (Wildman–Crippen MR) is 102 cm³/mol. The molecule has 27 heavy (non-hydrogen) atoms. The van der Waals surface area contributed by atoms with E-state index < -0.39 is 21.9 Å². The molecule has 0 saturated carbocycles. The Kier molecular flexibility index (Phi) is 6.86. The van der Waals surface area contributed by atoms with Gasteiger partial charge in [-0.1, -0.05) is 0 Å². The number of hydrogen-bond donors (Lipinski definition) is 0. The maximum atomic E-state index is 12.6. The third-order valence-electron chi connectivity index (χ3n) is 4.37. The van der Waals surface area contributed by atoms with Gasteiger partial charge in [-0.2, -0.15) is 0 Å². The summed E-state index contributed by atoms with van der Waals surface area (Å²) in [5, 5.41) is 0. The highest BCUT2D eigenvalue weighted by molar-refractivity contribution is 7.91. The van der Waals surface area contributed by atoms with Crippen LogP contribution in [-0.2, 0) is 19.4 Å². The minimum atomic E-state index is -3.10. The van der Waals surface area contributed by atoms with E-state index in [4.69, 9.17) is 9.47 Å². The first-order valence-electron chi connectivity index (χ1n) is 9.11. The Hall–Kier alpha value is -2.09. The van der Waals surface area contributed by atoms with Crippen LogP contribution in [0.15, 0.2) is 24.3 Å². The summed E-state index contributed by atoms with van der Waals surface area (Å²) < 4.78 is 34.2. The van der Waals surface area contributed by atoms with Crippen molar-refractivity contribution in [3.63, 3.8) is 0 Å². The molecule has 150 valence electrons. The molecule has 1 saturated heterocycles. The van der Waals surface area contributed by atoms with Crippen LogP contribution in [0.25, 0.3) is 0 Å². The van der Waals surface area contributed by atoms with E-state index in [0.29, 0.717) is 24.3 Å². The highest BCUT2D eigenvalue weighted by atomic mass is 32.2. The van der Waals surface area contributed by atoms with Crippen LogP contribution in [0.4, 0.5) is 0 Å². The second kappa shape index (κ2) is 8.73. The van der Waals surface area contributed by atoms with Crippen LogP contribution in [0, 0.1) is 0 Å². The normalized spacial score (nSPS) is 19.5. The van der Waals surface area contributed by atoms with E-state index in [-0.39, 0.29) is 29.6 Å². The van der Waals surface area contributed by atoms with Crippen LogP contribution in [-0.4, -0.2) is 61.5 Å². The summed E-state index contributed by atoms with van der Waals surface area (Å²) >= 11 is 0. The van der Waals surface area contributed by atoms with Gasteiger partial charge < -0.3 is 14.4 Å². The zero-order valence-corrected chi connectivity index (χ0v) is 17.0. The zero-order chi connectivity index (χ0) is 20.2. The molecule has 2 rings (SSSR count). The smallest absolute Gasteiger partial charge is 0.338 e. The maximum absolute atomic E-state index is 12.6. The maximum Gasteiger partial charge on any atom is 0.338 e. The number of rotatable bonds is 7. The lowest BCUT2D eigenvalue weighted by atomic mass is 10.2. The summed E-state index contributed by atoms with van der Waals surface area (Å²) in [6.45, 7) is 7.46. The van der Waals surface area contributed by atoms with Gasteiger partial charge >= 0.3 is 5.97 Å². The van der Waals surface area contributed by atoms with Crippen LogP contribution in [0.3, 0.4) is 0 Å². The molecule has 1 aromatic carbocycles. The third-order valence-corrected chi connectivity index (χ3v) is 6.12. The summed E-state index contributed by atoms with van der Waals surface area (Å²) in [6, 6.07) is 6.15. The summed E-state index contributed by atoms with van der Waals surface area (Å²) in [6.07, 6.45) is -0.549. The topological polar surface area (TPSA) is 90.0 Å². The lowest BCUT2D eigenvalue weighted by Crippen LogP contribution is -2.46. The molecule has 1 fully saturated rings. The Morgan fingerprint density at radius 3 is 2.30 bits per heavy atom. The number of carbonyl (C=O) groups is 2. The van der Waals surface area contributed by atoms with Crippen molar-refractivity contribution < 1.29 is 27.5 Å². The summed E-state index contributed by atoms with van der Waals surface area (Å²) in [5.41, 5.74) is 0.317. The summed E-state index contributed by atoms with van der Waals surface area (Å²) in [5.74, 6) is -0.301. The van der Waals surface area contributed by atoms with E-state index in [0.717, 1.165) is 0 Å². The molecule has 0 bridgehead atoms. The number of likely N-dealkylation sites (N-methyl/N-ethyl adjacent to an activating group) is 1. The van der Waals surface area contributed by atoms with Crippen molar-refractivity contribution in [1.29, 1.82) is 0 Å². The Labute approximate surface area is 160 Å². The Balaban J connectivity index is 1.99. The standard InChI is InChI=1S/C19H27NO6S/c1-5-20(16-10-11-27(23,24)12-16)18(21)14(4)26-19(22)15-6-8-17(9-7-15)25-13(2)3/h6-9,13-14,16H,5,10-12H2,1-4H3/t14-,16-/m1/s1. The van der Waals surface area contributed by atoms with Crippen LogP contribution in [0.2, 0.25) is 0 Å². The molecule has 0 radical (unpaired) electrons. The highest BCUT2D eigenvalue weighted by Crippen LogP contribution is 2.20. The second-order valence-electron chi connectivity index (χ2n) is 6.92. The molecule has 0 aromatic heterocycles. The lowest BCUT2D eigenvalue weighted by Gasteiger charge is -2.29. The van der Waals surface area contributed by atoms with Crippen molar-refractivity contribution >= 4 is 21.7 Å². The van der Waals surface area contributed by atoms with Gasteiger partial charge in [0.2, 0.25) is 0 Å². The number of carbonyl (C=O) groups excluding carboxylic acids is 2. The fraction of sp³-hybridized carbons (Fsp3) is 0.579. The Bertz CT molecular complexity index is 772. The van der Waals surface area contributed by atoms with Gasteiger partial charge in [0.25, 0.3) is 5.91 Å². The van der Waals surface area contributed by atoms with Gasteiger partial charge in [-0.25, -0.2) is 13.2 Å². The monoisotopic (exact) mass is 397 g/mol. The van der Waals surface area contributed by atoms with Crippen LogP contribution in [0.1, 0.15) is 44.5 Å². The molecule has 2 atom stereocenters. The molecule has 1 aliphatic heterocycles. The minimum Gasteiger partial charge on any atom is -0.491 e. The van der Waals surface area contributed by atoms with E-state index in [1.165, 1.54) is 11.8 Å². The first-order chi connectivity index (χ1) is 12.6. The van der Waals surface area contributed by atoms with E-state index in [1.54, 1.807) is 31.2 Å². The van der Waals surface area contributed by atoms with Gasteiger partial charge in [-0.05, 0) is 58.4 Å². The van der Waals surface area contributed by atoms with Crippen molar-refractivity contribution in [1.82, 2.24) is 4.90 Å². The number of benzene rings is 1. The Morgan fingerprint density at radius 2 is 1.81 bits per heavy atom. The van der Waals surface area contributed by atoms with Crippen LogP contribution in [0.5, 0.6) is 5.75 Å². The van der Waals surface area contributed by atoms with Crippen molar-refractivity contribution in [2.24, 2.45) is 0 Å². The zero-order valence-electron chi connectivity index (χ0n) is 16.2. The molecule has 8 heteroatoms. The van der Waals surface area contributed by atoms with Crippen LogP contribution < -0.4 is 4.74 Å². The average molecular weight is 397 g/mol. The van der Waals surface area contributed by atoms with Gasteiger partial charge in [0.05, 0.1) is 23.2 Å². The Morgan fingerprint density at radius 1 is 1.19 bits per heavy atom. The van der Waals surface area contributed by atoms with Gasteiger partial charge in [0.15, 0.2) is 15.9 Å². The highest BCUT2D eigenvalue weighted by Gasteiger charge is 2.36. The lowest BCUT2D eigenvalue weighted by molar-refractivity contribution is -0.141. The van der Waals surface area contributed by atoms with Crippen LogP contribution >= 0.6 is 0 Å². The molecule has 0 spiro atoms. The number of sulfone groups is 1. The number of nitrogens with zero attached hydrogens (tertiary/aromatic N) is 1. The van der Waals surface area contributed by atoms with Gasteiger partial charge in [0, 0.05) is 12.6 Å². The number of hydrogen-bond acceptors (Lipinski definition) is 6. The van der Waals surface area contributed by atoms with Crippen molar-refractivity contribution in [3.05, 3.63) is 29.8 Å². The molecule has 1 aromatic rings. The van der Waals surface area contributed by atoms with E-state index >= 15 is 0 Å². The van der Waals surface area contributed by atoms with Gasteiger partial charge in [0.1, 0.15) is 5.75 Å². The summed E-state index contributed by atoms with van der Waals surface area (Å²) in [7, 11) is -3.10. The molecule has 7 nitrogen and oxygen atoms in total. The van der Waals surface area contributed by atoms with Crippen molar-refractivity contribution in [2.75, 3.05) is 18.1 Å². The number of esters is 1. The third kappa shape index (κ3) is 5.69. The molecule has 1 heterocycles. The summed E-state index contributed by atoms with van der Waals surface area (Å²) in [4.78, 5) is 26.4. The first kappa shape index (κ1) is 21.2. The van der Waals surface area contributed by atoms with Crippen molar-refractivity contribution in [2.45, 2.75) is 52.4 Å². The van der Waals surface area contributed by atoms with E-state index in [2.05, 4.69) is 0 Å². The molecule has 0 aliphatic carbocycles. The predicted octanol–water partition coefficient (Wildman–Crippen LogP) is 2.05. The largest absolute Gasteiger partial charge is 0.491 e. The molecular weight excluding hydrogens is 370 g/mol. The molecular formula is C19H27NO6S. The fourth-order valence-corrected chi connectivity index (χ4v) is 4.80. The quantitative estimate of drug-likeness (QED) is 0.654. The molecule has 0 N–H and O–H groups in total. The van der Waals surface area contributed by atoms with E-state index in [9.17, 15) is 18.0 Å². The van der Waals surface area contributed by atoms with Gasteiger partial charge in [-0.3, -0.25) is 4.79 Å². The van der Waals surface area contributed by atoms with Gasteiger partial charge in [-0.15, -0.1) is 0 Å². The van der Waals surface area contributed by atoms with E-state index in [1.807, 2.05) is 13.8 Å².